The maximum atomic E-state index is 2.94. The molecule has 4 unspecified atom stereocenters. The molecule has 48 valence electrons. The summed E-state index contributed by atoms with van der Waals surface area (Å²) in [5.74, 6) is 2.07. The van der Waals surface area contributed by atoms with Crippen LogP contribution in [0.1, 0.15) is 26.7 Å². The third kappa shape index (κ3) is 1.23. The predicted octanol–water partition coefficient (Wildman–Crippen LogP) is 2.30. The first-order valence-corrected chi connectivity index (χ1v) is 4.18. The lowest BCUT2D eigenvalue weighted by Gasteiger charge is -2.03. The maximum absolute atomic E-state index is 2.94. The van der Waals surface area contributed by atoms with Crippen LogP contribution >= 0.6 is 9.24 Å². The van der Waals surface area contributed by atoms with Crippen LogP contribution in [-0.4, -0.2) is 5.66 Å². The second kappa shape index (κ2) is 2.35. The fourth-order valence-electron chi connectivity index (χ4n) is 1.25. The zero-order valence-electron chi connectivity index (χ0n) is 5.72. The van der Waals surface area contributed by atoms with E-state index in [1.807, 2.05) is 0 Å². The summed E-state index contributed by atoms with van der Waals surface area (Å²) >= 11 is 0. The first-order chi connectivity index (χ1) is 3.75. The van der Waals surface area contributed by atoms with Gasteiger partial charge in [-0.2, -0.15) is 0 Å². The summed E-state index contributed by atoms with van der Waals surface area (Å²) in [6, 6.07) is 0. The molecule has 0 radical (unpaired) electrons. The highest BCUT2D eigenvalue weighted by atomic mass is 31.0. The Labute approximate surface area is 54.3 Å². The van der Waals surface area contributed by atoms with E-state index in [0.29, 0.717) is 0 Å². The van der Waals surface area contributed by atoms with Gasteiger partial charge in [-0.15, -0.1) is 9.24 Å². The molecular formula is C7H15P. The molecule has 4 atom stereocenters. The molecule has 0 nitrogen and oxygen atoms in total. The van der Waals surface area contributed by atoms with E-state index in [2.05, 4.69) is 23.1 Å². The molecule has 0 spiro atoms. The lowest BCUT2D eigenvalue weighted by Crippen LogP contribution is -1.97. The van der Waals surface area contributed by atoms with Crippen LogP contribution in [-0.2, 0) is 0 Å². The van der Waals surface area contributed by atoms with E-state index < -0.39 is 0 Å². The largest absolute Gasteiger partial charge is 0.134 e. The highest BCUT2D eigenvalue weighted by Crippen LogP contribution is 2.44. The minimum atomic E-state index is 0.907. The maximum Gasteiger partial charge on any atom is -0.0236 e. The minimum absolute atomic E-state index is 0.907. The second-order valence-corrected chi connectivity index (χ2v) is 3.81. The third-order valence-electron chi connectivity index (χ3n) is 2.19. The third-order valence-corrected chi connectivity index (χ3v) is 3.16. The topological polar surface area (TPSA) is 0 Å². The van der Waals surface area contributed by atoms with Crippen molar-refractivity contribution < 1.29 is 0 Å². The fourth-order valence-corrected chi connectivity index (χ4v) is 1.79. The summed E-state index contributed by atoms with van der Waals surface area (Å²) in [6.45, 7) is 4.61. The molecule has 1 aliphatic carbocycles. The molecule has 1 heteroatoms. The molecule has 0 aromatic rings. The molecule has 1 saturated carbocycles. The SMILES string of the molecule is CCC(P)C1CC1C. The summed E-state index contributed by atoms with van der Waals surface area (Å²) in [5, 5.41) is 0. The Kier molecular flexibility index (Phi) is 1.92. The summed E-state index contributed by atoms with van der Waals surface area (Å²) in [5.41, 5.74) is 0.907. The molecule has 0 amide bonds. The molecule has 0 bridgehead atoms. The van der Waals surface area contributed by atoms with Crippen molar-refractivity contribution in [1.82, 2.24) is 0 Å². The summed E-state index contributed by atoms with van der Waals surface area (Å²) in [7, 11) is 2.94. The van der Waals surface area contributed by atoms with Crippen molar-refractivity contribution >= 4 is 9.24 Å². The first-order valence-electron chi connectivity index (χ1n) is 3.51. The van der Waals surface area contributed by atoms with E-state index in [1.165, 1.54) is 12.8 Å². The van der Waals surface area contributed by atoms with E-state index in [9.17, 15) is 0 Å². The number of rotatable bonds is 2. The highest BCUT2D eigenvalue weighted by Gasteiger charge is 2.35. The molecule has 0 saturated heterocycles. The van der Waals surface area contributed by atoms with Gasteiger partial charge >= 0.3 is 0 Å². The smallest absolute Gasteiger partial charge is 0.0236 e. The molecule has 0 heterocycles. The molecule has 0 aliphatic heterocycles. The van der Waals surface area contributed by atoms with Crippen LogP contribution < -0.4 is 0 Å². The molecule has 0 aromatic heterocycles. The van der Waals surface area contributed by atoms with Crippen LogP contribution in [0.2, 0.25) is 0 Å². The van der Waals surface area contributed by atoms with Gasteiger partial charge in [0.05, 0.1) is 0 Å². The molecule has 0 aromatic carbocycles. The minimum Gasteiger partial charge on any atom is -0.134 e. The highest BCUT2D eigenvalue weighted by molar-refractivity contribution is 7.17. The Morgan fingerprint density at radius 1 is 1.75 bits per heavy atom. The quantitative estimate of drug-likeness (QED) is 0.503. The van der Waals surface area contributed by atoms with Crippen LogP contribution in [0.5, 0.6) is 0 Å². The van der Waals surface area contributed by atoms with Crippen molar-refractivity contribution in [1.29, 1.82) is 0 Å². The standard InChI is InChI=1S/C7H15P/c1-3-7(8)6-4-5(6)2/h5-7H,3-4,8H2,1-2H3. The van der Waals surface area contributed by atoms with Gasteiger partial charge in [0.25, 0.3) is 0 Å². The summed E-state index contributed by atoms with van der Waals surface area (Å²) in [6.07, 6.45) is 2.81. The van der Waals surface area contributed by atoms with E-state index in [4.69, 9.17) is 0 Å². The average molecular weight is 130 g/mol. The van der Waals surface area contributed by atoms with E-state index in [0.717, 1.165) is 17.5 Å². The van der Waals surface area contributed by atoms with Crippen molar-refractivity contribution in [2.45, 2.75) is 32.3 Å². The van der Waals surface area contributed by atoms with Gasteiger partial charge in [-0.25, -0.2) is 0 Å². The molecule has 1 fully saturated rings. The Morgan fingerprint density at radius 2 is 2.25 bits per heavy atom. The zero-order valence-corrected chi connectivity index (χ0v) is 6.88. The fraction of sp³-hybridized carbons (Fsp3) is 1.00. The molecule has 1 rings (SSSR count). The lowest BCUT2D eigenvalue weighted by atomic mass is 10.2. The second-order valence-electron chi connectivity index (χ2n) is 2.95. The van der Waals surface area contributed by atoms with Gasteiger partial charge in [0.2, 0.25) is 0 Å². The first kappa shape index (κ1) is 6.55. The van der Waals surface area contributed by atoms with Crippen molar-refractivity contribution in [3.63, 3.8) is 0 Å². The van der Waals surface area contributed by atoms with Gasteiger partial charge in [0.1, 0.15) is 0 Å². The van der Waals surface area contributed by atoms with Crippen LogP contribution in [0.25, 0.3) is 0 Å². The van der Waals surface area contributed by atoms with Crippen molar-refractivity contribution in [2.75, 3.05) is 0 Å². The Hall–Kier alpha value is 0.430. The summed E-state index contributed by atoms with van der Waals surface area (Å²) in [4.78, 5) is 0. The van der Waals surface area contributed by atoms with Gasteiger partial charge in [-0.1, -0.05) is 13.8 Å². The van der Waals surface area contributed by atoms with Crippen molar-refractivity contribution in [2.24, 2.45) is 11.8 Å². The van der Waals surface area contributed by atoms with Crippen LogP contribution in [0.3, 0.4) is 0 Å². The Balaban J connectivity index is 2.18. The Bertz CT molecular complexity index is 78.5. The van der Waals surface area contributed by atoms with Crippen LogP contribution in [0.15, 0.2) is 0 Å². The van der Waals surface area contributed by atoms with Gasteiger partial charge < -0.3 is 0 Å². The Morgan fingerprint density at radius 3 is 2.38 bits per heavy atom. The van der Waals surface area contributed by atoms with Crippen LogP contribution in [0, 0.1) is 11.8 Å². The van der Waals surface area contributed by atoms with E-state index in [1.54, 1.807) is 0 Å². The molecule has 8 heavy (non-hydrogen) atoms. The molecule has 1 aliphatic rings. The molecule has 0 N–H and O–H groups in total. The number of hydrogen-bond acceptors (Lipinski definition) is 0. The monoisotopic (exact) mass is 130 g/mol. The summed E-state index contributed by atoms with van der Waals surface area (Å²) < 4.78 is 0. The van der Waals surface area contributed by atoms with Crippen LogP contribution in [0.4, 0.5) is 0 Å². The van der Waals surface area contributed by atoms with Gasteiger partial charge in [0, 0.05) is 0 Å². The van der Waals surface area contributed by atoms with E-state index >= 15 is 0 Å². The van der Waals surface area contributed by atoms with Crippen molar-refractivity contribution in [3.8, 4) is 0 Å². The number of hydrogen-bond donors (Lipinski definition) is 0. The molecular weight excluding hydrogens is 115 g/mol. The average Bonchev–Trinajstić information content (AvgIpc) is 2.45. The van der Waals surface area contributed by atoms with Crippen molar-refractivity contribution in [3.05, 3.63) is 0 Å². The van der Waals surface area contributed by atoms with Gasteiger partial charge in [-0.05, 0) is 30.3 Å². The zero-order chi connectivity index (χ0) is 6.15. The lowest BCUT2D eigenvalue weighted by molar-refractivity contribution is 0.678. The predicted molar refractivity (Wildman–Crippen MR) is 41.1 cm³/mol. The van der Waals surface area contributed by atoms with Gasteiger partial charge in [-0.3, -0.25) is 0 Å². The van der Waals surface area contributed by atoms with E-state index in [-0.39, 0.29) is 0 Å². The normalized spacial score (nSPS) is 39.4. The van der Waals surface area contributed by atoms with Gasteiger partial charge in [0.15, 0.2) is 0 Å².